The van der Waals surface area contributed by atoms with Gasteiger partial charge in [-0.25, -0.2) is 0 Å². The Hall–Kier alpha value is -2.84. The Bertz CT molecular complexity index is 1770. The summed E-state index contributed by atoms with van der Waals surface area (Å²) in [4.78, 5) is 7.90. The molecule has 1 aliphatic heterocycles. The molecule has 7 rings (SSSR count). The van der Waals surface area contributed by atoms with Gasteiger partial charge in [-0.05, 0) is 98.3 Å². The third kappa shape index (κ3) is 4.63. The van der Waals surface area contributed by atoms with E-state index in [0.29, 0.717) is 5.92 Å². The van der Waals surface area contributed by atoms with Gasteiger partial charge < -0.3 is 0 Å². The molecule has 5 aromatic rings. The lowest BCUT2D eigenvalue weighted by atomic mass is 9.86. The maximum Gasteiger partial charge on any atom is 0.0803 e. The first kappa shape index (κ1) is 26.1. The maximum atomic E-state index is 5.11. The molecule has 0 spiro atoms. The van der Waals surface area contributed by atoms with Crippen molar-refractivity contribution >= 4 is 44.1 Å². The van der Waals surface area contributed by atoms with Gasteiger partial charge in [0.05, 0.1) is 5.69 Å². The minimum Gasteiger partial charge on any atom is -0.256 e. The van der Waals surface area contributed by atoms with Crippen LogP contribution in [0.5, 0.6) is 0 Å². The molecule has 1 nitrogen and oxygen atoms in total. The van der Waals surface area contributed by atoms with Gasteiger partial charge in [-0.1, -0.05) is 108 Å². The third-order valence-electron chi connectivity index (χ3n) is 8.99. The molecule has 0 saturated heterocycles. The summed E-state index contributed by atoms with van der Waals surface area (Å²) in [6.07, 6.45) is 11.0. The minimum absolute atomic E-state index is 0.266. The van der Waals surface area contributed by atoms with E-state index >= 15 is 0 Å². The highest BCUT2D eigenvalue weighted by Crippen LogP contribution is 2.52. The Morgan fingerprint density at radius 3 is 2.50 bits per heavy atom. The molecule has 0 atom stereocenters. The number of hydrogen-bond acceptors (Lipinski definition) is 2. The van der Waals surface area contributed by atoms with Crippen LogP contribution < -0.4 is 0 Å². The van der Waals surface area contributed by atoms with Gasteiger partial charge in [-0.3, -0.25) is 4.98 Å². The van der Waals surface area contributed by atoms with Crippen LogP contribution in [0.2, 0.25) is 0 Å². The first-order valence-electron chi connectivity index (χ1n) is 15.4. The summed E-state index contributed by atoms with van der Waals surface area (Å²) >= 11 is 1.99. The van der Waals surface area contributed by atoms with Crippen LogP contribution in [0.15, 0.2) is 70.6 Å². The highest BCUT2D eigenvalue weighted by molar-refractivity contribution is 8.00. The van der Waals surface area contributed by atoms with E-state index in [0.717, 1.165) is 18.8 Å². The molecule has 204 valence electrons. The van der Waals surface area contributed by atoms with Crippen LogP contribution in [-0.2, 0) is 19.3 Å². The van der Waals surface area contributed by atoms with Gasteiger partial charge in [0.25, 0.3) is 0 Å². The largest absolute Gasteiger partial charge is 0.256 e. The SMILES string of the molecule is CC(C)Cc1c2c(cc3cc(CC(C)(C)C)ccc13)-c1nccc3c1c(cc1cccc(CC4CCCC4)c13)S2. The first-order valence-corrected chi connectivity index (χ1v) is 16.2. The van der Waals surface area contributed by atoms with Crippen molar-refractivity contribution in [3.63, 3.8) is 0 Å². The van der Waals surface area contributed by atoms with Crippen LogP contribution in [0.1, 0.15) is 77.0 Å². The number of pyridine rings is 1. The maximum absolute atomic E-state index is 5.11. The lowest BCUT2D eigenvalue weighted by molar-refractivity contribution is 0.411. The average molecular weight is 544 g/mol. The van der Waals surface area contributed by atoms with Crippen molar-refractivity contribution in [1.82, 2.24) is 4.98 Å². The van der Waals surface area contributed by atoms with E-state index in [2.05, 4.69) is 95.4 Å². The molecule has 2 heteroatoms. The summed E-state index contributed by atoms with van der Waals surface area (Å²) in [5.41, 5.74) is 7.21. The second-order valence-corrected chi connectivity index (χ2v) is 15.1. The molecule has 2 heterocycles. The number of aromatic nitrogens is 1. The van der Waals surface area contributed by atoms with Crippen LogP contribution in [-0.4, -0.2) is 4.98 Å². The van der Waals surface area contributed by atoms with Crippen LogP contribution in [0, 0.1) is 17.3 Å². The van der Waals surface area contributed by atoms with E-state index in [9.17, 15) is 0 Å². The Kier molecular flexibility index (Phi) is 6.46. The zero-order valence-corrected chi connectivity index (χ0v) is 25.5. The average Bonchev–Trinajstić information content (AvgIpc) is 3.41. The predicted octanol–water partition coefficient (Wildman–Crippen LogP) is 11.2. The van der Waals surface area contributed by atoms with E-state index in [-0.39, 0.29) is 5.41 Å². The van der Waals surface area contributed by atoms with E-state index < -0.39 is 0 Å². The molecule has 1 aliphatic carbocycles. The fourth-order valence-electron chi connectivity index (χ4n) is 7.43. The molecule has 0 N–H and O–H groups in total. The number of rotatable bonds is 5. The zero-order chi connectivity index (χ0) is 27.6. The van der Waals surface area contributed by atoms with Crippen LogP contribution in [0.4, 0.5) is 0 Å². The summed E-state index contributed by atoms with van der Waals surface area (Å²) < 4.78 is 0. The predicted molar refractivity (Wildman–Crippen MR) is 174 cm³/mol. The summed E-state index contributed by atoms with van der Waals surface area (Å²) in [5, 5.41) is 8.35. The number of benzene rings is 4. The first-order chi connectivity index (χ1) is 19.2. The van der Waals surface area contributed by atoms with Crippen molar-refractivity contribution in [1.29, 1.82) is 0 Å². The van der Waals surface area contributed by atoms with E-state index in [1.165, 1.54) is 102 Å². The molecule has 40 heavy (non-hydrogen) atoms. The summed E-state index contributed by atoms with van der Waals surface area (Å²) in [6.45, 7) is 11.7. The number of fused-ring (bicyclic) bond motifs is 5. The third-order valence-corrected chi connectivity index (χ3v) is 10.2. The van der Waals surface area contributed by atoms with E-state index in [4.69, 9.17) is 4.98 Å². The van der Waals surface area contributed by atoms with E-state index in [1.807, 2.05) is 11.8 Å². The standard InChI is InChI=1S/C38H41NS/c1-23(2)17-31-29-14-13-25(22-38(3,4)5)19-28(29)20-32-36-35-30(15-16-39-36)34-26(18-24-9-6-7-10-24)11-8-12-27(34)21-33(35)40-37(31)32/h8,11-16,19-21,23-24H,6-7,9-10,17-18,22H2,1-5H3. The van der Waals surface area contributed by atoms with Crippen LogP contribution in [0.3, 0.4) is 0 Å². The second kappa shape index (κ2) is 9.91. The Balaban J connectivity index is 1.47. The Labute approximate surface area is 243 Å². The van der Waals surface area contributed by atoms with Crippen LogP contribution in [0.25, 0.3) is 43.6 Å². The molecular weight excluding hydrogens is 502 g/mol. The van der Waals surface area contributed by atoms with Crippen LogP contribution >= 0.6 is 11.8 Å². The normalized spacial score (nSPS) is 15.6. The van der Waals surface area contributed by atoms with Gasteiger partial charge in [-0.2, -0.15) is 0 Å². The van der Waals surface area contributed by atoms with Crippen molar-refractivity contribution in [2.24, 2.45) is 17.3 Å². The van der Waals surface area contributed by atoms with Crippen molar-refractivity contribution in [3.8, 4) is 11.3 Å². The van der Waals surface area contributed by atoms with Crippen molar-refractivity contribution in [2.75, 3.05) is 0 Å². The molecule has 1 saturated carbocycles. The Morgan fingerprint density at radius 2 is 1.73 bits per heavy atom. The molecule has 1 aromatic heterocycles. The van der Waals surface area contributed by atoms with Gasteiger partial charge in [0, 0.05) is 26.9 Å². The van der Waals surface area contributed by atoms with Gasteiger partial charge in [0.2, 0.25) is 0 Å². The monoisotopic (exact) mass is 543 g/mol. The quantitative estimate of drug-likeness (QED) is 0.201. The fourth-order valence-corrected chi connectivity index (χ4v) is 8.73. The van der Waals surface area contributed by atoms with Crippen molar-refractivity contribution in [3.05, 3.63) is 77.5 Å². The van der Waals surface area contributed by atoms with Crippen molar-refractivity contribution < 1.29 is 0 Å². The highest BCUT2D eigenvalue weighted by Gasteiger charge is 2.27. The van der Waals surface area contributed by atoms with Gasteiger partial charge in [0.1, 0.15) is 0 Å². The summed E-state index contributed by atoms with van der Waals surface area (Å²) in [6, 6.07) is 21.4. The minimum atomic E-state index is 0.266. The molecule has 0 radical (unpaired) electrons. The molecule has 0 amide bonds. The molecular formula is C38H41NS. The summed E-state index contributed by atoms with van der Waals surface area (Å²) in [5.74, 6) is 1.42. The Morgan fingerprint density at radius 1 is 0.900 bits per heavy atom. The van der Waals surface area contributed by atoms with Gasteiger partial charge >= 0.3 is 0 Å². The smallest absolute Gasteiger partial charge is 0.0803 e. The lowest BCUT2D eigenvalue weighted by Gasteiger charge is -2.26. The molecule has 1 fully saturated rings. The zero-order valence-electron chi connectivity index (χ0n) is 24.7. The number of hydrogen-bond donors (Lipinski definition) is 0. The highest BCUT2D eigenvalue weighted by atomic mass is 32.2. The molecule has 2 aliphatic rings. The van der Waals surface area contributed by atoms with Crippen molar-refractivity contribution in [2.45, 2.75) is 89.4 Å². The van der Waals surface area contributed by atoms with Gasteiger partial charge in [-0.15, -0.1) is 0 Å². The molecule has 4 aromatic carbocycles. The molecule has 0 bridgehead atoms. The van der Waals surface area contributed by atoms with E-state index in [1.54, 1.807) is 0 Å². The van der Waals surface area contributed by atoms with Gasteiger partial charge in [0.15, 0.2) is 0 Å². The lowest BCUT2D eigenvalue weighted by Crippen LogP contribution is -2.09. The summed E-state index contributed by atoms with van der Waals surface area (Å²) in [7, 11) is 0. The topological polar surface area (TPSA) is 12.9 Å². The second-order valence-electron chi connectivity index (χ2n) is 14.1. The fraction of sp³-hybridized carbons (Fsp3) is 0.395. The molecule has 0 unspecified atom stereocenters. The number of nitrogens with zero attached hydrogens (tertiary/aromatic N) is 1.